The fourth-order valence-corrected chi connectivity index (χ4v) is 2.25. The van der Waals surface area contributed by atoms with Crippen molar-refractivity contribution in [3.8, 4) is 5.75 Å². The number of nitrogens with zero attached hydrogens (tertiary/aromatic N) is 1. The van der Waals surface area contributed by atoms with Crippen molar-refractivity contribution in [2.75, 3.05) is 13.1 Å². The van der Waals surface area contributed by atoms with Crippen LogP contribution < -0.4 is 4.74 Å². The van der Waals surface area contributed by atoms with Crippen LogP contribution in [-0.4, -0.2) is 41.2 Å². The van der Waals surface area contributed by atoms with Gasteiger partial charge in [-0.3, -0.25) is 9.69 Å². The van der Waals surface area contributed by atoms with Gasteiger partial charge in [-0.05, 0) is 25.5 Å². The van der Waals surface area contributed by atoms with E-state index < -0.39 is 5.97 Å². The van der Waals surface area contributed by atoms with Gasteiger partial charge in [0.15, 0.2) is 0 Å². The third-order valence-corrected chi connectivity index (χ3v) is 3.22. The highest BCUT2D eigenvalue weighted by Crippen LogP contribution is 2.28. The van der Waals surface area contributed by atoms with Gasteiger partial charge in [0.2, 0.25) is 0 Å². The highest BCUT2D eigenvalue weighted by atomic mass is 16.5. The van der Waals surface area contributed by atoms with E-state index in [1.807, 2.05) is 36.9 Å². The third-order valence-electron chi connectivity index (χ3n) is 3.22. The first-order valence-corrected chi connectivity index (χ1v) is 6.26. The quantitative estimate of drug-likeness (QED) is 0.864. The molecule has 0 saturated carbocycles. The van der Waals surface area contributed by atoms with Gasteiger partial charge in [0, 0.05) is 19.0 Å². The average Bonchev–Trinajstić information content (AvgIpc) is 2.69. The Kier molecular flexibility index (Phi) is 3.87. The molecule has 0 aliphatic carbocycles. The van der Waals surface area contributed by atoms with Crippen LogP contribution in [0.15, 0.2) is 24.3 Å². The predicted octanol–water partition coefficient (Wildman–Crippen LogP) is 1.79. The first-order chi connectivity index (χ1) is 8.56. The lowest BCUT2D eigenvalue weighted by atomic mass is 10.1. The number of fused-ring (bicyclic) bond motifs is 1. The molecular weight excluding hydrogens is 230 g/mol. The number of ether oxygens (including phenoxy) is 1. The summed E-state index contributed by atoms with van der Waals surface area (Å²) in [5, 5.41) is 8.90. The first-order valence-electron chi connectivity index (χ1n) is 6.26. The molecule has 1 aliphatic heterocycles. The normalized spacial score (nSPS) is 17.9. The number of aliphatic carboxylic acids is 1. The number of benzene rings is 1. The lowest BCUT2D eigenvalue weighted by molar-refractivity contribution is -0.139. The zero-order valence-corrected chi connectivity index (χ0v) is 10.8. The van der Waals surface area contributed by atoms with E-state index in [1.54, 1.807) is 0 Å². The lowest BCUT2D eigenvalue weighted by Crippen LogP contribution is -2.42. The standard InChI is InChI=1S/C14H19NO3/c1-10(2)15(9-14(16)17)8-12-7-11-5-3-4-6-13(11)18-12/h3-6,10,12H,7-9H2,1-2H3,(H,16,17). The van der Waals surface area contributed by atoms with E-state index in [1.165, 1.54) is 5.56 Å². The van der Waals surface area contributed by atoms with Crippen LogP contribution in [0.25, 0.3) is 0 Å². The first kappa shape index (κ1) is 12.9. The summed E-state index contributed by atoms with van der Waals surface area (Å²) < 4.78 is 5.83. The summed E-state index contributed by atoms with van der Waals surface area (Å²) in [6, 6.07) is 8.19. The monoisotopic (exact) mass is 249 g/mol. The minimum absolute atomic E-state index is 0.0594. The molecule has 1 aromatic rings. The van der Waals surface area contributed by atoms with Crippen LogP contribution in [0.4, 0.5) is 0 Å². The van der Waals surface area contributed by atoms with Crippen LogP contribution in [-0.2, 0) is 11.2 Å². The molecule has 98 valence electrons. The number of rotatable bonds is 5. The Morgan fingerprint density at radius 3 is 2.83 bits per heavy atom. The maximum Gasteiger partial charge on any atom is 0.317 e. The van der Waals surface area contributed by atoms with Gasteiger partial charge in [-0.25, -0.2) is 0 Å². The van der Waals surface area contributed by atoms with Gasteiger partial charge in [0.1, 0.15) is 11.9 Å². The van der Waals surface area contributed by atoms with Gasteiger partial charge < -0.3 is 9.84 Å². The Morgan fingerprint density at radius 1 is 1.50 bits per heavy atom. The topological polar surface area (TPSA) is 49.8 Å². The minimum atomic E-state index is -0.792. The van der Waals surface area contributed by atoms with Crippen LogP contribution in [0, 0.1) is 0 Å². The Hall–Kier alpha value is -1.55. The van der Waals surface area contributed by atoms with Crippen molar-refractivity contribution in [1.82, 2.24) is 4.90 Å². The summed E-state index contributed by atoms with van der Waals surface area (Å²) in [5.74, 6) is 0.140. The number of carbonyl (C=O) groups is 1. The molecular formula is C14H19NO3. The van der Waals surface area contributed by atoms with Crippen LogP contribution in [0.3, 0.4) is 0 Å². The van der Waals surface area contributed by atoms with E-state index in [9.17, 15) is 4.79 Å². The summed E-state index contributed by atoms with van der Waals surface area (Å²) in [5.41, 5.74) is 1.21. The zero-order chi connectivity index (χ0) is 13.1. The van der Waals surface area contributed by atoms with E-state index in [4.69, 9.17) is 9.84 Å². The minimum Gasteiger partial charge on any atom is -0.488 e. The van der Waals surface area contributed by atoms with Crippen LogP contribution in [0.1, 0.15) is 19.4 Å². The maximum absolute atomic E-state index is 10.8. The third kappa shape index (κ3) is 3.01. The molecule has 1 N–H and O–H groups in total. The van der Waals surface area contributed by atoms with Crippen LogP contribution in [0.5, 0.6) is 5.75 Å². The molecule has 0 radical (unpaired) electrons. The van der Waals surface area contributed by atoms with Crippen LogP contribution in [0.2, 0.25) is 0 Å². The van der Waals surface area contributed by atoms with Gasteiger partial charge in [0.25, 0.3) is 0 Å². The molecule has 18 heavy (non-hydrogen) atoms. The molecule has 0 saturated heterocycles. The largest absolute Gasteiger partial charge is 0.488 e. The molecule has 0 amide bonds. The van der Waals surface area contributed by atoms with Crippen molar-refractivity contribution in [2.24, 2.45) is 0 Å². The fourth-order valence-electron chi connectivity index (χ4n) is 2.25. The summed E-state index contributed by atoms with van der Waals surface area (Å²) in [7, 11) is 0. The van der Waals surface area contributed by atoms with Gasteiger partial charge in [-0.2, -0.15) is 0 Å². The van der Waals surface area contributed by atoms with Crippen LogP contribution >= 0.6 is 0 Å². The predicted molar refractivity (Wildman–Crippen MR) is 68.9 cm³/mol. The summed E-state index contributed by atoms with van der Waals surface area (Å²) >= 11 is 0. The SMILES string of the molecule is CC(C)N(CC(=O)O)CC1Cc2ccccc2O1. The maximum atomic E-state index is 10.8. The number of carboxylic acids is 1. The summed E-state index contributed by atoms with van der Waals surface area (Å²) in [6.45, 7) is 4.72. The van der Waals surface area contributed by atoms with Gasteiger partial charge in [-0.1, -0.05) is 18.2 Å². The van der Waals surface area contributed by atoms with Crippen molar-refractivity contribution < 1.29 is 14.6 Å². The Bertz CT molecular complexity index is 406. The molecule has 1 aromatic carbocycles. The Morgan fingerprint density at radius 2 is 2.22 bits per heavy atom. The molecule has 0 aromatic heterocycles. The lowest BCUT2D eigenvalue weighted by Gasteiger charge is -2.27. The average molecular weight is 249 g/mol. The number of carboxylic acid groups (broad SMARTS) is 1. The number of hydrogen-bond acceptors (Lipinski definition) is 3. The second-order valence-electron chi connectivity index (χ2n) is 4.97. The Balaban J connectivity index is 1.96. The molecule has 4 heteroatoms. The van der Waals surface area contributed by atoms with E-state index in [-0.39, 0.29) is 18.7 Å². The molecule has 2 rings (SSSR count). The van der Waals surface area contributed by atoms with Gasteiger partial charge >= 0.3 is 5.97 Å². The second kappa shape index (κ2) is 5.40. The van der Waals surface area contributed by atoms with Crippen molar-refractivity contribution in [3.63, 3.8) is 0 Å². The number of hydrogen-bond donors (Lipinski definition) is 1. The molecule has 0 spiro atoms. The van der Waals surface area contributed by atoms with Crippen molar-refractivity contribution in [2.45, 2.75) is 32.4 Å². The van der Waals surface area contributed by atoms with Crippen molar-refractivity contribution >= 4 is 5.97 Å². The number of para-hydroxylation sites is 1. The Labute approximate surface area is 107 Å². The summed E-state index contributed by atoms with van der Waals surface area (Å²) in [6.07, 6.45) is 0.920. The molecule has 0 bridgehead atoms. The second-order valence-corrected chi connectivity index (χ2v) is 4.97. The highest BCUT2D eigenvalue weighted by molar-refractivity contribution is 5.69. The molecule has 1 heterocycles. The van der Waals surface area contributed by atoms with E-state index in [2.05, 4.69) is 6.07 Å². The smallest absolute Gasteiger partial charge is 0.317 e. The van der Waals surface area contributed by atoms with Gasteiger partial charge in [0.05, 0.1) is 6.54 Å². The molecule has 1 aliphatic rings. The van der Waals surface area contributed by atoms with Crippen molar-refractivity contribution in [1.29, 1.82) is 0 Å². The summed E-state index contributed by atoms with van der Waals surface area (Å²) in [4.78, 5) is 12.8. The highest BCUT2D eigenvalue weighted by Gasteiger charge is 2.26. The molecule has 1 atom stereocenters. The van der Waals surface area contributed by atoms with Gasteiger partial charge in [-0.15, -0.1) is 0 Å². The zero-order valence-electron chi connectivity index (χ0n) is 10.8. The van der Waals surface area contributed by atoms with E-state index >= 15 is 0 Å². The molecule has 0 fully saturated rings. The van der Waals surface area contributed by atoms with E-state index in [0.717, 1.165) is 12.2 Å². The molecule has 1 unspecified atom stereocenters. The van der Waals surface area contributed by atoms with E-state index in [0.29, 0.717) is 6.54 Å². The molecule has 4 nitrogen and oxygen atoms in total. The fraction of sp³-hybridized carbons (Fsp3) is 0.500. The van der Waals surface area contributed by atoms with Crippen molar-refractivity contribution in [3.05, 3.63) is 29.8 Å².